The van der Waals surface area contributed by atoms with E-state index in [1.807, 2.05) is 14.2 Å². The molecule has 5 saturated carbocycles. The van der Waals surface area contributed by atoms with Crippen molar-refractivity contribution in [1.82, 2.24) is 0 Å². The highest BCUT2D eigenvalue weighted by Crippen LogP contribution is 2.79. The first-order valence-corrected chi connectivity index (χ1v) is 11.2. The summed E-state index contributed by atoms with van der Waals surface area (Å²) in [5.41, 5.74) is 5.69. The first kappa shape index (κ1) is 16.6. The fourth-order valence-electron chi connectivity index (χ4n) is 8.88. The van der Waals surface area contributed by atoms with Gasteiger partial charge in [-0.1, -0.05) is 37.4 Å². The minimum Gasteiger partial charge on any atom is -0.496 e. The lowest BCUT2D eigenvalue weighted by atomic mass is 9.45. The van der Waals surface area contributed by atoms with E-state index >= 15 is 0 Å². The van der Waals surface area contributed by atoms with Crippen LogP contribution in [0.2, 0.25) is 0 Å². The van der Waals surface area contributed by atoms with E-state index in [2.05, 4.69) is 37.4 Å². The van der Waals surface area contributed by atoms with Crippen molar-refractivity contribution in [3.63, 3.8) is 0 Å². The fourth-order valence-corrected chi connectivity index (χ4v) is 8.88. The highest BCUT2D eigenvalue weighted by Gasteiger charge is 2.69. The van der Waals surface area contributed by atoms with Crippen LogP contribution in [0, 0.1) is 35.5 Å². The normalized spacial score (nSPS) is 40.5. The number of ether oxygens (including phenoxy) is 2. The topological polar surface area (TPSA) is 18.5 Å². The standard InChI is InChI=1S/C27H28O2/c1-12-13(2)15-10-9-14(12)20-18-11-19(21(15)20)23-22(18)24-25(23)27(29-4)17-8-6-5-7-16(17)26(24)28-3/h5-8,14-15,18-23H,1-2,9-11H2,3-4H3/t14-,15+,18-,19+,20+,21-,22-,23+. The molecule has 0 amide bonds. The van der Waals surface area contributed by atoms with Crippen LogP contribution >= 0.6 is 0 Å². The summed E-state index contributed by atoms with van der Waals surface area (Å²) < 4.78 is 12.1. The first-order valence-electron chi connectivity index (χ1n) is 11.2. The predicted molar refractivity (Wildman–Crippen MR) is 116 cm³/mol. The van der Waals surface area contributed by atoms with E-state index in [0.717, 1.165) is 35.2 Å². The number of rotatable bonds is 2. The molecule has 2 nitrogen and oxygen atoms in total. The van der Waals surface area contributed by atoms with Crippen LogP contribution < -0.4 is 9.47 Å². The average Bonchev–Trinajstić information content (AvgIpc) is 3.27. The molecule has 2 aromatic rings. The van der Waals surface area contributed by atoms with E-state index in [4.69, 9.17) is 9.47 Å². The van der Waals surface area contributed by atoms with Gasteiger partial charge in [0.1, 0.15) is 11.5 Å². The van der Waals surface area contributed by atoms with Crippen LogP contribution in [0.3, 0.4) is 0 Å². The van der Waals surface area contributed by atoms with E-state index < -0.39 is 0 Å². The van der Waals surface area contributed by atoms with Gasteiger partial charge in [0, 0.05) is 21.9 Å². The Hall–Kier alpha value is -2.22. The molecule has 0 unspecified atom stereocenters. The second-order valence-electron chi connectivity index (χ2n) is 10.0. The zero-order valence-electron chi connectivity index (χ0n) is 17.3. The van der Waals surface area contributed by atoms with Gasteiger partial charge < -0.3 is 9.47 Å². The first-order chi connectivity index (χ1) is 14.2. The van der Waals surface area contributed by atoms with Crippen molar-refractivity contribution in [3.05, 3.63) is 59.7 Å². The van der Waals surface area contributed by atoms with Gasteiger partial charge >= 0.3 is 0 Å². The molecule has 0 heterocycles. The molecule has 2 heteroatoms. The molecule has 2 aromatic carbocycles. The molecule has 0 spiro atoms. The Morgan fingerprint density at radius 3 is 1.62 bits per heavy atom. The maximum Gasteiger partial charge on any atom is 0.130 e. The smallest absolute Gasteiger partial charge is 0.130 e. The second-order valence-corrected chi connectivity index (χ2v) is 10.0. The molecule has 8 rings (SSSR count). The maximum absolute atomic E-state index is 6.05. The summed E-state index contributed by atoms with van der Waals surface area (Å²) in [5, 5.41) is 2.40. The van der Waals surface area contributed by atoms with Gasteiger partial charge in [-0.3, -0.25) is 0 Å². The van der Waals surface area contributed by atoms with Crippen molar-refractivity contribution in [2.45, 2.75) is 31.1 Å². The molecule has 0 radical (unpaired) electrons. The summed E-state index contributed by atoms with van der Waals surface area (Å²) >= 11 is 0. The zero-order chi connectivity index (χ0) is 19.6. The summed E-state index contributed by atoms with van der Waals surface area (Å²) in [5.74, 6) is 8.02. The Morgan fingerprint density at radius 1 is 0.759 bits per heavy atom. The van der Waals surface area contributed by atoms with E-state index in [0.29, 0.717) is 23.7 Å². The van der Waals surface area contributed by atoms with Crippen molar-refractivity contribution in [1.29, 1.82) is 0 Å². The molecule has 8 atom stereocenters. The summed E-state index contributed by atoms with van der Waals surface area (Å²) in [4.78, 5) is 0. The van der Waals surface area contributed by atoms with Crippen molar-refractivity contribution >= 4 is 10.8 Å². The summed E-state index contributed by atoms with van der Waals surface area (Å²) in [6, 6.07) is 8.60. The highest BCUT2D eigenvalue weighted by molar-refractivity contribution is 5.98. The molecule has 0 N–H and O–H groups in total. The average molecular weight is 385 g/mol. The quantitative estimate of drug-likeness (QED) is 0.625. The molecular formula is C27H28O2. The molecule has 0 aromatic heterocycles. The van der Waals surface area contributed by atoms with Gasteiger partial charge in [-0.25, -0.2) is 0 Å². The molecule has 0 aliphatic heterocycles. The maximum atomic E-state index is 6.05. The van der Waals surface area contributed by atoms with Crippen molar-refractivity contribution in [3.8, 4) is 11.5 Å². The van der Waals surface area contributed by atoms with Crippen LogP contribution in [-0.2, 0) is 0 Å². The molecular weight excluding hydrogens is 356 g/mol. The second kappa shape index (κ2) is 5.28. The monoisotopic (exact) mass is 384 g/mol. The van der Waals surface area contributed by atoms with Gasteiger partial charge in [-0.05, 0) is 77.8 Å². The van der Waals surface area contributed by atoms with Crippen molar-refractivity contribution < 1.29 is 9.47 Å². The van der Waals surface area contributed by atoms with Crippen molar-refractivity contribution in [2.24, 2.45) is 35.5 Å². The summed E-state index contributed by atoms with van der Waals surface area (Å²) in [6.07, 6.45) is 4.03. The number of benzene rings is 2. The van der Waals surface area contributed by atoms with Crippen molar-refractivity contribution in [2.75, 3.05) is 14.2 Å². The Kier molecular flexibility index (Phi) is 3.01. The molecule has 4 bridgehead atoms. The Balaban J connectivity index is 1.45. The van der Waals surface area contributed by atoms with Crippen LogP contribution in [0.25, 0.3) is 10.8 Å². The number of methoxy groups -OCH3 is 2. The highest BCUT2D eigenvalue weighted by atomic mass is 16.5. The van der Waals surface area contributed by atoms with Crippen LogP contribution in [0.4, 0.5) is 0 Å². The van der Waals surface area contributed by atoms with E-state index in [9.17, 15) is 0 Å². The van der Waals surface area contributed by atoms with Gasteiger partial charge in [0.15, 0.2) is 0 Å². The largest absolute Gasteiger partial charge is 0.496 e. The third-order valence-corrected chi connectivity index (χ3v) is 9.58. The molecule has 0 saturated heterocycles. The van der Waals surface area contributed by atoms with E-state index in [1.165, 1.54) is 52.3 Å². The van der Waals surface area contributed by atoms with Crippen LogP contribution in [-0.4, -0.2) is 14.2 Å². The van der Waals surface area contributed by atoms with Gasteiger partial charge in [-0.2, -0.15) is 0 Å². The van der Waals surface area contributed by atoms with Crippen LogP contribution in [0.15, 0.2) is 48.6 Å². The Labute approximate surface area is 172 Å². The number of hydrogen-bond acceptors (Lipinski definition) is 2. The minimum atomic E-state index is 0.644. The van der Waals surface area contributed by atoms with Gasteiger partial charge in [0.05, 0.1) is 14.2 Å². The number of fused-ring (bicyclic) bond motifs is 11. The van der Waals surface area contributed by atoms with E-state index in [1.54, 1.807) is 0 Å². The van der Waals surface area contributed by atoms with Gasteiger partial charge in [0.2, 0.25) is 0 Å². The van der Waals surface area contributed by atoms with E-state index in [-0.39, 0.29) is 0 Å². The third kappa shape index (κ3) is 1.66. The summed E-state index contributed by atoms with van der Waals surface area (Å²) in [7, 11) is 3.68. The number of allylic oxidation sites excluding steroid dienone is 2. The predicted octanol–water partition coefficient (Wildman–Crippen LogP) is 6.07. The lowest BCUT2D eigenvalue weighted by Gasteiger charge is -2.59. The lowest BCUT2D eigenvalue weighted by molar-refractivity contribution is 0.0221. The molecule has 148 valence electrons. The fraction of sp³-hybridized carbons (Fsp3) is 0.481. The third-order valence-electron chi connectivity index (χ3n) is 9.58. The Bertz CT molecular complexity index is 1020. The summed E-state index contributed by atoms with van der Waals surface area (Å²) in [6.45, 7) is 8.97. The zero-order valence-corrected chi connectivity index (χ0v) is 17.3. The Morgan fingerprint density at radius 2 is 1.21 bits per heavy atom. The SMILES string of the molecule is C=C1C(=C)[C@@H]2CC[C@H]1[C@H]1[C@H]3C[C@H]([C@@H]4c5c(c(OC)c6ccccc6c5OC)[C@H]34)[C@H]12. The number of hydrogen-bond donors (Lipinski definition) is 0. The van der Waals surface area contributed by atoms with Crippen LogP contribution in [0.5, 0.6) is 11.5 Å². The lowest BCUT2D eigenvalue weighted by Crippen LogP contribution is -2.50. The van der Waals surface area contributed by atoms with Gasteiger partial charge in [-0.15, -0.1) is 0 Å². The molecule has 6 aliphatic carbocycles. The minimum absolute atomic E-state index is 0.644. The van der Waals surface area contributed by atoms with Gasteiger partial charge in [0.25, 0.3) is 0 Å². The molecule has 5 fully saturated rings. The molecule has 29 heavy (non-hydrogen) atoms. The molecule has 6 aliphatic rings. The van der Waals surface area contributed by atoms with Crippen LogP contribution in [0.1, 0.15) is 42.2 Å².